The zero-order valence-electron chi connectivity index (χ0n) is 14.8. The molecule has 0 atom stereocenters. The summed E-state index contributed by atoms with van der Waals surface area (Å²) in [5.41, 5.74) is 2.69. The molecule has 2 rings (SSSR count). The Labute approximate surface area is 168 Å². The Morgan fingerprint density at radius 3 is 2.54 bits per heavy atom. The van der Waals surface area contributed by atoms with Crippen LogP contribution in [0.5, 0.6) is 5.75 Å². The molecule has 0 aliphatic carbocycles. The maximum absolute atomic E-state index is 13.5. The molecular weight excluding hydrogens is 461 g/mol. The van der Waals surface area contributed by atoms with Gasteiger partial charge in [-0.2, -0.15) is 0 Å². The van der Waals surface area contributed by atoms with Crippen molar-refractivity contribution in [2.45, 2.75) is 39.2 Å². The van der Waals surface area contributed by atoms with Crippen LogP contribution < -0.4 is 10.1 Å². The number of unbranched alkanes of at least 4 members (excludes halogenated alkanes) is 3. The van der Waals surface area contributed by atoms with Crippen molar-refractivity contribution >= 4 is 29.7 Å². The number of halogens is 3. The van der Waals surface area contributed by atoms with Gasteiger partial charge in [0.25, 0.3) is 0 Å². The molecule has 0 heterocycles. The quantitative estimate of drug-likeness (QED) is 0.308. The molecule has 0 unspecified atom stereocenters. The fourth-order valence-corrected chi connectivity index (χ4v) is 4.35. The summed E-state index contributed by atoms with van der Waals surface area (Å²) in [4.78, 5) is 0. The van der Waals surface area contributed by atoms with E-state index in [1.807, 2.05) is 24.3 Å². The second-order valence-corrected chi connectivity index (χ2v) is 11.7. The molecule has 0 saturated carbocycles. The van der Waals surface area contributed by atoms with Gasteiger partial charge in [0.15, 0.2) is 0 Å². The van der Waals surface area contributed by atoms with Crippen molar-refractivity contribution in [3.8, 4) is 5.75 Å². The number of benzene rings is 2. The molecule has 2 aromatic rings. The average molecular weight is 485 g/mol. The minimum atomic E-state index is -2.00. The molecule has 0 bridgehead atoms. The Morgan fingerprint density at radius 2 is 1.85 bits per heavy atom. The summed E-state index contributed by atoms with van der Waals surface area (Å²) >= 11 is -2.00. The van der Waals surface area contributed by atoms with Gasteiger partial charge in [-0.3, -0.25) is 0 Å². The van der Waals surface area contributed by atoms with E-state index in [1.54, 1.807) is 10.7 Å². The predicted molar refractivity (Wildman–Crippen MR) is 107 cm³/mol. The van der Waals surface area contributed by atoms with Gasteiger partial charge in [-0.05, 0) is 0 Å². The number of hydrogen-bond acceptors (Lipinski definition) is 2. The molecule has 2 nitrogen and oxygen atoms in total. The molecule has 0 spiro atoms. The third-order valence-corrected chi connectivity index (χ3v) is 5.73. The molecule has 0 aromatic heterocycles. The molecule has 1 N–H and O–H groups in total. The van der Waals surface area contributed by atoms with Crippen molar-refractivity contribution in [1.82, 2.24) is 0 Å². The van der Waals surface area contributed by atoms with E-state index in [0.717, 1.165) is 35.6 Å². The summed E-state index contributed by atoms with van der Waals surface area (Å²) in [5, 5.41) is 3.34. The Morgan fingerprint density at radius 1 is 1.08 bits per heavy atom. The van der Waals surface area contributed by atoms with Crippen LogP contribution in [0.2, 0.25) is 0 Å². The van der Waals surface area contributed by atoms with Gasteiger partial charge < -0.3 is 0 Å². The summed E-state index contributed by atoms with van der Waals surface area (Å²) in [5.74, 6) is 0.588. The first kappa shape index (κ1) is 21.3. The first-order chi connectivity index (χ1) is 12.6. The van der Waals surface area contributed by atoms with Gasteiger partial charge in [0.2, 0.25) is 0 Å². The van der Waals surface area contributed by atoms with Gasteiger partial charge >= 0.3 is 142 Å². The van der Waals surface area contributed by atoms with Crippen molar-refractivity contribution in [1.29, 1.82) is 0 Å². The first-order valence-electron chi connectivity index (χ1n) is 8.67. The zero-order valence-corrected chi connectivity index (χ0v) is 18.0. The molecule has 144 valence electrons. The molecule has 2 aromatic carbocycles. The van der Waals surface area contributed by atoms with Crippen LogP contribution in [0.15, 0.2) is 42.5 Å². The Hall–Kier alpha value is -0.957. The van der Waals surface area contributed by atoms with Crippen molar-refractivity contribution in [3.05, 3.63) is 59.4 Å². The number of ether oxygens (including phenoxy) is 1. The van der Waals surface area contributed by atoms with Crippen LogP contribution >= 0.6 is 19.4 Å². The monoisotopic (exact) mass is 485 g/mol. The van der Waals surface area contributed by atoms with Gasteiger partial charge in [-0.25, -0.2) is 0 Å². The van der Waals surface area contributed by atoms with E-state index in [1.165, 1.54) is 31.4 Å². The second kappa shape index (κ2) is 11.7. The fourth-order valence-electron chi connectivity index (χ4n) is 2.49. The normalized spacial score (nSPS) is 11.2. The maximum atomic E-state index is 13.5. The average Bonchev–Trinajstić information content (AvgIpc) is 2.61. The summed E-state index contributed by atoms with van der Waals surface area (Å²) < 4.78 is 21.0. The van der Waals surface area contributed by atoms with E-state index in [9.17, 15) is 4.39 Å². The molecule has 0 saturated heterocycles. The molecule has 0 fully saturated rings. The van der Waals surface area contributed by atoms with E-state index in [4.69, 9.17) is 24.1 Å². The van der Waals surface area contributed by atoms with Crippen LogP contribution in [0, 0.1) is 5.82 Å². The van der Waals surface area contributed by atoms with Crippen molar-refractivity contribution < 1.29 is 22.6 Å². The van der Waals surface area contributed by atoms with E-state index in [2.05, 4.69) is 12.2 Å². The van der Waals surface area contributed by atoms with Gasteiger partial charge in [-0.15, -0.1) is 0 Å². The van der Waals surface area contributed by atoms with Gasteiger partial charge in [0, 0.05) is 0 Å². The summed E-state index contributed by atoms with van der Waals surface area (Å²) in [7, 11) is 11.9. The number of rotatable bonds is 10. The second-order valence-electron chi connectivity index (χ2n) is 5.94. The minimum absolute atomic E-state index is 0.288. The van der Waals surface area contributed by atoms with E-state index in [-0.39, 0.29) is 5.82 Å². The Balaban J connectivity index is 1.89. The third-order valence-electron chi connectivity index (χ3n) is 3.90. The number of hydrogen-bond donors (Lipinski definition) is 1. The van der Waals surface area contributed by atoms with Crippen molar-refractivity contribution in [3.63, 3.8) is 0 Å². The number of anilines is 1. The molecule has 0 aliphatic rings. The van der Waals surface area contributed by atoms with E-state index >= 15 is 0 Å². The van der Waals surface area contributed by atoms with Crippen LogP contribution in [0.3, 0.4) is 0 Å². The van der Waals surface area contributed by atoms with Gasteiger partial charge in [0.1, 0.15) is 0 Å². The summed E-state index contributed by atoms with van der Waals surface area (Å²) in [6.45, 7) is 3.52. The van der Waals surface area contributed by atoms with Crippen LogP contribution in [0.1, 0.15) is 43.7 Å². The van der Waals surface area contributed by atoms with Crippen LogP contribution in [0.4, 0.5) is 10.1 Å². The zero-order chi connectivity index (χ0) is 18.8. The summed E-state index contributed by atoms with van der Waals surface area (Å²) in [6.07, 6.45) is 4.78. The number of nitrogens with one attached hydrogen (secondary N) is 1. The van der Waals surface area contributed by atoms with Crippen LogP contribution in [-0.4, -0.2) is 11.2 Å². The van der Waals surface area contributed by atoms with Gasteiger partial charge in [-0.1, -0.05) is 26.2 Å². The molecule has 26 heavy (non-hydrogen) atoms. The molecular formula is C20H24Cl2FNORu. The first-order valence-corrected chi connectivity index (χ1v) is 14.1. The van der Waals surface area contributed by atoms with Crippen LogP contribution in [0.25, 0.3) is 0 Å². The van der Waals surface area contributed by atoms with Gasteiger partial charge in [0.05, 0.1) is 0 Å². The predicted octanol–water partition coefficient (Wildman–Crippen LogP) is 6.47. The van der Waals surface area contributed by atoms with Crippen molar-refractivity contribution in [2.75, 3.05) is 11.9 Å². The fraction of sp³-hybridized carbons (Fsp3) is 0.350. The van der Waals surface area contributed by atoms with E-state index in [0.29, 0.717) is 6.54 Å². The SMILES string of the molecule is CCCCCCOc1ccc(NCc2ccc(F)cc2[CH]=[Ru]([Cl])[Cl])cc1. The molecule has 6 heteroatoms. The van der Waals surface area contributed by atoms with Crippen LogP contribution in [-0.2, 0) is 20.1 Å². The Bertz CT molecular complexity index is 718. The van der Waals surface area contributed by atoms with E-state index < -0.39 is 13.5 Å². The topological polar surface area (TPSA) is 21.3 Å². The molecule has 0 radical (unpaired) electrons. The standard InChI is InChI=1S/C20H24FNO.2ClH.Ru/c1-3-4-5-6-13-23-20-11-9-19(10-12-20)22-15-17-7-8-18(21)14-16(17)2;;;/h2,7-12,14,22H,3-6,13,15H2,1H3;2*1H;/q;;;+2/p-2. The Kier molecular flexibility index (Phi) is 9.60. The summed E-state index contributed by atoms with van der Waals surface area (Å²) in [6, 6.07) is 12.6. The third kappa shape index (κ3) is 7.74. The van der Waals surface area contributed by atoms with Crippen molar-refractivity contribution in [2.24, 2.45) is 0 Å². The molecule has 0 aliphatic heterocycles. The molecule has 0 amide bonds.